The molecule has 2 rings (SSSR count). The maximum absolute atomic E-state index is 12.9. The number of carbonyl (C=O) groups is 1. The van der Waals surface area contributed by atoms with Crippen LogP contribution in [0.4, 0.5) is 9.52 Å². The third-order valence-electron chi connectivity index (χ3n) is 2.09. The van der Waals surface area contributed by atoms with Crippen molar-refractivity contribution >= 4 is 34.4 Å². The number of thiazole rings is 1. The summed E-state index contributed by atoms with van der Waals surface area (Å²) in [6.07, 6.45) is 1.58. The summed E-state index contributed by atoms with van der Waals surface area (Å²) >= 11 is 6.74. The van der Waals surface area contributed by atoms with Gasteiger partial charge in [0.25, 0.3) is 5.56 Å². The van der Waals surface area contributed by atoms with E-state index in [-0.39, 0.29) is 22.8 Å². The molecule has 0 amide bonds. The summed E-state index contributed by atoms with van der Waals surface area (Å²) in [5.74, 6) is -0.530. The number of nitrogens with one attached hydrogen (secondary N) is 2. The first-order chi connectivity index (χ1) is 8.60. The van der Waals surface area contributed by atoms with Gasteiger partial charge in [-0.1, -0.05) is 22.9 Å². The van der Waals surface area contributed by atoms with Crippen molar-refractivity contribution in [3.63, 3.8) is 0 Å². The zero-order valence-electron chi connectivity index (χ0n) is 8.87. The van der Waals surface area contributed by atoms with Crippen molar-refractivity contribution in [3.05, 3.63) is 44.0 Å². The predicted molar refractivity (Wildman–Crippen MR) is 66.9 cm³/mol. The van der Waals surface area contributed by atoms with Crippen molar-refractivity contribution in [3.8, 4) is 0 Å². The van der Waals surface area contributed by atoms with Crippen LogP contribution in [0.25, 0.3) is 0 Å². The Morgan fingerprint density at radius 2 is 2.39 bits per heavy atom. The molecule has 0 aliphatic rings. The lowest BCUT2D eigenvalue weighted by Crippen LogP contribution is -2.15. The van der Waals surface area contributed by atoms with Crippen LogP contribution in [0.3, 0.4) is 0 Å². The van der Waals surface area contributed by atoms with Crippen molar-refractivity contribution in [1.82, 2.24) is 9.97 Å². The molecular weight excluding hydrogens is 281 g/mol. The second-order valence-electron chi connectivity index (χ2n) is 3.32. The van der Waals surface area contributed by atoms with Gasteiger partial charge in [0, 0.05) is 18.3 Å². The van der Waals surface area contributed by atoms with Crippen LogP contribution in [0.1, 0.15) is 15.2 Å². The quantitative estimate of drug-likeness (QED) is 0.844. The molecule has 18 heavy (non-hydrogen) atoms. The zero-order chi connectivity index (χ0) is 13.1. The summed E-state index contributed by atoms with van der Waals surface area (Å²) < 4.78 is 12.9. The number of rotatable bonds is 4. The van der Waals surface area contributed by atoms with Crippen LogP contribution in [0.2, 0.25) is 5.15 Å². The molecule has 0 saturated carbocycles. The zero-order valence-corrected chi connectivity index (χ0v) is 10.4. The van der Waals surface area contributed by atoms with Crippen molar-refractivity contribution in [2.45, 2.75) is 6.54 Å². The van der Waals surface area contributed by atoms with Gasteiger partial charge in [-0.2, -0.15) is 0 Å². The van der Waals surface area contributed by atoms with E-state index >= 15 is 0 Å². The van der Waals surface area contributed by atoms with Gasteiger partial charge in [-0.15, -0.1) is 0 Å². The van der Waals surface area contributed by atoms with Crippen LogP contribution >= 0.6 is 22.9 Å². The van der Waals surface area contributed by atoms with E-state index in [4.69, 9.17) is 11.6 Å². The molecule has 2 heterocycles. The number of H-pyrrole nitrogens is 1. The number of carbonyl (C=O) groups excluding carboxylic acids is 1. The standard InChI is InChI=1S/C10H7ClFN3O2S/c11-8-7(4-16)18-10(15-8)14-2-5-1-6(12)3-13-9(5)17/h1,3-4H,2H2,(H,13,17)(H,14,15). The van der Waals surface area contributed by atoms with E-state index in [1.54, 1.807) is 0 Å². The number of pyridine rings is 1. The van der Waals surface area contributed by atoms with E-state index in [2.05, 4.69) is 15.3 Å². The van der Waals surface area contributed by atoms with Crippen molar-refractivity contribution in [2.24, 2.45) is 0 Å². The fourth-order valence-corrected chi connectivity index (χ4v) is 2.23. The van der Waals surface area contributed by atoms with E-state index < -0.39 is 5.82 Å². The highest BCUT2D eigenvalue weighted by molar-refractivity contribution is 7.17. The minimum Gasteiger partial charge on any atom is -0.357 e. The van der Waals surface area contributed by atoms with Gasteiger partial charge in [-0.05, 0) is 6.07 Å². The Kier molecular flexibility index (Phi) is 3.73. The Bertz CT molecular complexity index is 640. The Labute approximate surface area is 110 Å². The molecule has 0 unspecified atom stereocenters. The Morgan fingerprint density at radius 3 is 3.06 bits per heavy atom. The molecule has 0 radical (unpaired) electrons. The summed E-state index contributed by atoms with van der Waals surface area (Å²) in [6, 6.07) is 1.13. The lowest BCUT2D eigenvalue weighted by atomic mass is 10.3. The van der Waals surface area contributed by atoms with Gasteiger partial charge in [0.2, 0.25) is 0 Å². The molecule has 94 valence electrons. The number of nitrogens with zero attached hydrogens (tertiary/aromatic N) is 1. The fourth-order valence-electron chi connectivity index (χ4n) is 1.26. The maximum Gasteiger partial charge on any atom is 0.253 e. The molecule has 0 spiro atoms. The third kappa shape index (κ3) is 2.74. The molecular formula is C10H7ClFN3O2S. The van der Waals surface area contributed by atoms with Crippen LogP contribution in [0, 0.1) is 5.82 Å². The summed E-state index contributed by atoms with van der Waals surface area (Å²) in [7, 11) is 0. The van der Waals surface area contributed by atoms with Gasteiger partial charge in [0.15, 0.2) is 16.6 Å². The van der Waals surface area contributed by atoms with E-state index in [1.807, 2.05) is 0 Å². The molecule has 0 bridgehead atoms. The molecule has 2 N–H and O–H groups in total. The van der Waals surface area contributed by atoms with Crippen molar-refractivity contribution in [2.75, 3.05) is 5.32 Å². The normalized spacial score (nSPS) is 10.3. The van der Waals surface area contributed by atoms with Crippen LogP contribution < -0.4 is 10.9 Å². The van der Waals surface area contributed by atoms with Gasteiger partial charge in [-0.3, -0.25) is 9.59 Å². The SMILES string of the molecule is O=Cc1sc(NCc2cc(F)c[nH]c2=O)nc1Cl. The summed E-state index contributed by atoms with van der Waals surface area (Å²) in [6.45, 7) is 0.0925. The largest absolute Gasteiger partial charge is 0.357 e. The first-order valence-corrected chi connectivity index (χ1v) is 6.02. The van der Waals surface area contributed by atoms with E-state index in [0.29, 0.717) is 16.3 Å². The molecule has 0 aliphatic carbocycles. The topological polar surface area (TPSA) is 74.8 Å². The summed E-state index contributed by atoms with van der Waals surface area (Å²) in [5.41, 5.74) is -0.156. The number of hydrogen-bond donors (Lipinski definition) is 2. The van der Waals surface area contributed by atoms with Gasteiger partial charge >= 0.3 is 0 Å². The molecule has 0 aromatic carbocycles. The van der Waals surface area contributed by atoms with E-state index in [1.165, 1.54) is 0 Å². The summed E-state index contributed by atoms with van der Waals surface area (Å²) in [5, 5.41) is 3.30. The van der Waals surface area contributed by atoms with Gasteiger partial charge in [0.05, 0.1) is 0 Å². The van der Waals surface area contributed by atoms with Gasteiger partial charge in [-0.25, -0.2) is 9.37 Å². The molecule has 2 aromatic heterocycles. The number of halogens is 2. The van der Waals surface area contributed by atoms with Crippen LogP contribution in [-0.4, -0.2) is 16.3 Å². The molecule has 0 atom stereocenters. The predicted octanol–water partition coefficient (Wildman–Crippen LogP) is 2.05. The van der Waals surface area contributed by atoms with Crippen LogP contribution in [0.15, 0.2) is 17.1 Å². The van der Waals surface area contributed by atoms with E-state index in [9.17, 15) is 14.0 Å². The van der Waals surface area contributed by atoms with Crippen LogP contribution in [0.5, 0.6) is 0 Å². The Balaban J connectivity index is 2.13. The maximum atomic E-state index is 12.9. The number of aromatic nitrogens is 2. The first-order valence-electron chi connectivity index (χ1n) is 4.82. The highest BCUT2D eigenvalue weighted by atomic mass is 35.5. The lowest BCUT2D eigenvalue weighted by Gasteiger charge is -2.01. The fraction of sp³-hybridized carbons (Fsp3) is 0.100. The number of aromatic amines is 1. The molecule has 0 fully saturated rings. The Morgan fingerprint density at radius 1 is 1.61 bits per heavy atom. The Hall–Kier alpha value is -1.73. The van der Waals surface area contributed by atoms with Crippen molar-refractivity contribution in [1.29, 1.82) is 0 Å². The number of anilines is 1. The summed E-state index contributed by atoms with van der Waals surface area (Å²) in [4.78, 5) is 28.4. The number of aldehydes is 1. The smallest absolute Gasteiger partial charge is 0.253 e. The second kappa shape index (κ2) is 5.28. The molecule has 8 heteroatoms. The third-order valence-corrected chi connectivity index (χ3v) is 3.43. The highest BCUT2D eigenvalue weighted by Gasteiger charge is 2.09. The minimum atomic E-state index is -0.530. The average Bonchev–Trinajstić information content (AvgIpc) is 2.71. The van der Waals surface area contributed by atoms with Gasteiger partial charge < -0.3 is 10.3 Å². The highest BCUT2D eigenvalue weighted by Crippen LogP contribution is 2.25. The average molecular weight is 288 g/mol. The lowest BCUT2D eigenvalue weighted by molar-refractivity contribution is 0.112. The molecule has 2 aromatic rings. The first kappa shape index (κ1) is 12.7. The number of hydrogen-bond acceptors (Lipinski definition) is 5. The monoisotopic (exact) mass is 287 g/mol. The minimum absolute atomic E-state index is 0.0925. The van der Waals surface area contributed by atoms with E-state index in [0.717, 1.165) is 23.6 Å². The van der Waals surface area contributed by atoms with Crippen molar-refractivity contribution < 1.29 is 9.18 Å². The molecule has 5 nitrogen and oxygen atoms in total. The van der Waals surface area contributed by atoms with Gasteiger partial charge in [0.1, 0.15) is 10.7 Å². The molecule has 0 saturated heterocycles. The molecule has 0 aliphatic heterocycles. The van der Waals surface area contributed by atoms with Crippen LogP contribution in [-0.2, 0) is 6.54 Å². The second-order valence-corrected chi connectivity index (χ2v) is 4.71.